The smallest absolute Gasteiger partial charge is 0.263 e. The van der Waals surface area contributed by atoms with E-state index >= 15 is 0 Å². The minimum atomic E-state index is -0.0620. The molecule has 2 aliphatic heterocycles. The van der Waals surface area contributed by atoms with Gasteiger partial charge in [0.25, 0.3) is 5.91 Å². The van der Waals surface area contributed by atoms with Crippen molar-refractivity contribution in [3.63, 3.8) is 0 Å². The standard InChI is InChI=1S/C29H27N7O2S/c1-17-20(12-27(37)32-17)11-21-15-31-36-26(33-22-4-5-22)13-23(34-28(21)36)24-6-7-25(39-24)29(38)35-10-8-19(16-35)18-3-2-9-30-14-18/h2-3,6-7,9,11,13-15,19,22,33H,1,4-5,8,10,12,16H2,(H,32,37)/b20-11+. The van der Waals surface area contributed by atoms with Crippen LogP contribution in [0.1, 0.15) is 52.4 Å². The van der Waals surface area contributed by atoms with Crippen molar-refractivity contribution in [3.05, 3.63) is 82.8 Å². The molecule has 4 aromatic heterocycles. The maximum atomic E-state index is 13.4. The quantitative estimate of drug-likeness (QED) is 0.376. The SMILES string of the molecule is C=C1NC(=O)C/C1=C\c1cnn2c(NC3CC3)cc(-c3ccc(C(=O)N4CCC(c5cccnc5)C4)s3)nc12. The molecule has 1 atom stereocenters. The number of amides is 2. The molecule has 0 aromatic carbocycles. The molecule has 1 saturated carbocycles. The Hall–Kier alpha value is -4.31. The number of aromatic nitrogens is 4. The van der Waals surface area contributed by atoms with Crippen LogP contribution in [-0.2, 0) is 4.79 Å². The van der Waals surface area contributed by atoms with Crippen molar-refractivity contribution < 1.29 is 9.59 Å². The fourth-order valence-electron chi connectivity index (χ4n) is 5.23. The predicted molar refractivity (Wildman–Crippen MR) is 150 cm³/mol. The first-order valence-electron chi connectivity index (χ1n) is 13.2. The Morgan fingerprint density at radius 1 is 1.21 bits per heavy atom. The lowest BCUT2D eigenvalue weighted by Gasteiger charge is -2.15. The summed E-state index contributed by atoms with van der Waals surface area (Å²) in [7, 11) is 0. The number of nitrogens with one attached hydrogen (secondary N) is 2. The lowest BCUT2D eigenvalue weighted by molar-refractivity contribution is -0.118. The van der Waals surface area contributed by atoms with E-state index in [-0.39, 0.29) is 18.2 Å². The summed E-state index contributed by atoms with van der Waals surface area (Å²) in [5.41, 5.74) is 4.91. The van der Waals surface area contributed by atoms with Gasteiger partial charge in [-0.25, -0.2) is 4.98 Å². The highest BCUT2D eigenvalue weighted by atomic mass is 32.1. The van der Waals surface area contributed by atoms with Crippen LogP contribution in [0.3, 0.4) is 0 Å². The van der Waals surface area contributed by atoms with E-state index in [0.29, 0.717) is 34.7 Å². The van der Waals surface area contributed by atoms with Crippen LogP contribution in [0, 0.1) is 0 Å². The highest BCUT2D eigenvalue weighted by Gasteiger charge is 2.29. The molecule has 9 nitrogen and oxygen atoms in total. The van der Waals surface area contributed by atoms with Gasteiger partial charge in [-0.3, -0.25) is 14.6 Å². The van der Waals surface area contributed by atoms with Crippen LogP contribution in [0.2, 0.25) is 0 Å². The van der Waals surface area contributed by atoms with Gasteiger partial charge in [0.05, 0.1) is 28.1 Å². The van der Waals surface area contributed by atoms with Crippen molar-refractivity contribution in [1.82, 2.24) is 29.8 Å². The number of pyridine rings is 1. The summed E-state index contributed by atoms with van der Waals surface area (Å²) in [5.74, 6) is 1.18. The number of thiophene rings is 1. The summed E-state index contributed by atoms with van der Waals surface area (Å²) in [5, 5.41) is 10.9. The normalized spacial score (nSPS) is 20.3. The van der Waals surface area contributed by atoms with Gasteiger partial charge in [0.15, 0.2) is 5.65 Å². The van der Waals surface area contributed by atoms with Crippen molar-refractivity contribution in [2.24, 2.45) is 0 Å². The van der Waals surface area contributed by atoms with E-state index < -0.39 is 0 Å². The molecule has 3 fully saturated rings. The first kappa shape index (κ1) is 23.8. The maximum absolute atomic E-state index is 13.4. The fourth-order valence-corrected chi connectivity index (χ4v) is 6.16. The van der Waals surface area contributed by atoms with Gasteiger partial charge in [-0.05, 0) is 54.7 Å². The summed E-state index contributed by atoms with van der Waals surface area (Å²) < 4.78 is 1.81. The van der Waals surface area contributed by atoms with Gasteiger partial charge < -0.3 is 15.5 Å². The van der Waals surface area contributed by atoms with Crippen molar-refractivity contribution in [1.29, 1.82) is 0 Å². The zero-order valence-electron chi connectivity index (χ0n) is 21.3. The molecular weight excluding hydrogens is 510 g/mol. The largest absolute Gasteiger partial charge is 0.367 e. The van der Waals surface area contributed by atoms with E-state index in [2.05, 4.69) is 33.4 Å². The second-order valence-electron chi connectivity index (χ2n) is 10.3. The molecule has 1 aliphatic carbocycles. The van der Waals surface area contributed by atoms with Crippen LogP contribution in [0.5, 0.6) is 0 Å². The highest BCUT2D eigenvalue weighted by Crippen LogP contribution is 2.34. The Bertz CT molecular complexity index is 1650. The summed E-state index contributed by atoms with van der Waals surface area (Å²) in [6.45, 7) is 5.39. The molecular formula is C29H27N7O2S. The van der Waals surface area contributed by atoms with Crippen molar-refractivity contribution in [2.45, 2.75) is 37.6 Å². The minimum absolute atomic E-state index is 0.0572. The van der Waals surface area contributed by atoms with Gasteiger partial charge in [-0.1, -0.05) is 12.6 Å². The topological polar surface area (TPSA) is 105 Å². The molecule has 39 heavy (non-hydrogen) atoms. The van der Waals surface area contributed by atoms with Gasteiger partial charge in [0.2, 0.25) is 5.91 Å². The molecule has 2 N–H and O–H groups in total. The summed E-state index contributed by atoms with van der Waals surface area (Å²) in [6.07, 6.45) is 10.8. The molecule has 2 amide bonds. The second-order valence-corrected chi connectivity index (χ2v) is 11.4. The van der Waals surface area contributed by atoms with Gasteiger partial charge in [-0.15, -0.1) is 11.3 Å². The Morgan fingerprint density at radius 3 is 2.87 bits per heavy atom. The van der Waals surface area contributed by atoms with E-state index in [9.17, 15) is 9.59 Å². The van der Waals surface area contributed by atoms with Gasteiger partial charge in [0, 0.05) is 54.8 Å². The third kappa shape index (κ3) is 4.61. The number of nitrogens with zero attached hydrogens (tertiary/aromatic N) is 5. The molecule has 10 heteroatoms. The molecule has 7 rings (SSSR count). The zero-order valence-corrected chi connectivity index (χ0v) is 22.1. The van der Waals surface area contributed by atoms with Crippen molar-refractivity contribution in [2.75, 3.05) is 18.4 Å². The zero-order chi connectivity index (χ0) is 26.5. The number of carbonyl (C=O) groups is 2. The van der Waals surface area contributed by atoms with Crippen LogP contribution < -0.4 is 10.6 Å². The number of hydrogen-bond acceptors (Lipinski definition) is 7. The molecule has 196 valence electrons. The minimum Gasteiger partial charge on any atom is -0.367 e. The number of fused-ring (bicyclic) bond motifs is 1. The summed E-state index contributed by atoms with van der Waals surface area (Å²) >= 11 is 1.46. The Labute approximate surface area is 229 Å². The number of hydrogen-bond donors (Lipinski definition) is 2. The van der Waals surface area contributed by atoms with E-state index in [4.69, 9.17) is 4.98 Å². The Balaban J connectivity index is 1.19. The first-order valence-corrected chi connectivity index (χ1v) is 14.0. The van der Waals surface area contributed by atoms with Crippen LogP contribution >= 0.6 is 11.3 Å². The van der Waals surface area contributed by atoms with E-state index in [1.165, 1.54) is 16.9 Å². The first-order chi connectivity index (χ1) is 19.0. The fraction of sp³-hybridized carbons (Fsp3) is 0.276. The van der Waals surface area contributed by atoms with Crippen LogP contribution in [0.15, 0.2) is 66.8 Å². The maximum Gasteiger partial charge on any atom is 0.263 e. The third-order valence-corrected chi connectivity index (χ3v) is 8.58. The van der Waals surface area contributed by atoms with E-state index in [0.717, 1.165) is 53.3 Å². The summed E-state index contributed by atoms with van der Waals surface area (Å²) in [4.78, 5) is 38.0. The van der Waals surface area contributed by atoms with Crippen molar-refractivity contribution >= 4 is 40.7 Å². The number of rotatable bonds is 6. The predicted octanol–water partition coefficient (Wildman–Crippen LogP) is 4.47. The van der Waals surface area contributed by atoms with Crippen LogP contribution in [0.25, 0.3) is 22.3 Å². The third-order valence-electron chi connectivity index (χ3n) is 7.49. The van der Waals surface area contributed by atoms with Gasteiger partial charge >= 0.3 is 0 Å². The van der Waals surface area contributed by atoms with Crippen LogP contribution in [0.4, 0.5) is 5.82 Å². The molecule has 0 radical (unpaired) electrons. The molecule has 2 saturated heterocycles. The molecule has 6 heterocycles. The van der Waals surface area contributed by atoms with E-state index in [1.807, 2.05) is 46.0 Å². The Kier molecular flexibility index (Phi) is 5.77. The second kappa shape index (κ2) is 9.46. The average Bonchev–Trinajstić information content (AvgIpc) is 3.33. The highest BCUT2D eigenvalue weighted by molar-refractivity contribution is 7.17. The van der Waals surface area contributed by atoms with Crippen LogP contribution in [-0.4, -0.2) is 55.4 Å². The lowest BCUT2D eigenvalue weighted by atomic mass is 10.0. The number of allylic oxidation sites excluding steroid dienone is 1. The molecule has 4 aromatic rings. The monoisotopic (exact) mass is 537 g/mol. The van der Waals surface area contributed by atoms with E-state index in [1.54, 1.807) is 12.4 Å². The number of carbonyl (C=O) groups excluding carboxylic acids is 2. The summed E-state index contributed by atoms with van der Waals surface area (Å²) in [6, 6.07) is 10.3. The molecule has 0 bridgehead atoms. The van der Waals surface area contributed by atoms with Gasteiger partial charge in [0.1, 0.15) is 5.82 Å². The lowest BCUT2D eigenvalue weighted by Crippen LogP contribution is -2.27. The van der Waals surface area contributed by atoms with Gasteiger partial charge in [-0.2, -0.15) is 9.61 Å². The average molecular weight is 538 g/mol. The molecule has 0 spiro atoms. The number of anilines is 1. The Morgan fingerprint density at radius 2 is 2.10 bits per heavy atom. The van der Waals surface area contributed by atoms with Crippen molar-refractivity contribution in [3.8, 4) is 10.6 Å². The molecule has 1 unspecified atom stereocenters. The number of likely N-dealkylation sites (tertiary alicyclic amines) is 1. The molecule has 3 aliphatic rings.